The van der Waals surface area contributed by atoms with E-state index in [0.29, 0.717) is 17.3 Å². The zero-order valence-corrected chi connectivity index (χ0v) is 7.57. The third-order valence-electron chi connectivity index (χ3n) is 1.72. The van der Waals surface area contributed by atoms with Crippen LogP contribution in [0.25, 0.3) is 0 Å². The maximum atomic E-state index is 11.5. The van der Waals surface area contributed by atoms with Gasteiger partial charge in [0.25, 0.3) is 5.91 Å². The summed E-state index contributed by atoms with van der Waals surface area (Å²) in [5.41, 5.74) is 0.485. The Balaban J connectivity index is 2.10. The van der Waals surface area contributed by atoms with Gasteiger partial charge in [-0.2, -0.15) is 0 Å². The summed E-state index contributed by atoms with van der Waals surface area (Å²) < 4.78 is 5.01. The number of rotatable bonds is 2. The normalized spacial score (nSPS) is 10.1. The average Bonchev–Trinajstić information content (AvgIpc) is 2.75. The maximum absolute atomic E-state index is 11.5. The Morgan fingerprint density at radius 2 is 2.50 bits per heavy atom. The molecule has 0 fully saturated rings. The van der Waals surface area contributed by atoms with Crippen molar-refractivity contribution in [1.82, 2.24) is 9.97 Å². The fourth-order valence-corrected chi connectivity index (χ4v) is 1.08. The highest BCUT2D eigenvalue weighted by Crippen LogP contribution is 2.08. The molecule has 2 N–H and O–H groups in total. The zero-order chi connectivity index (χ0) is 9.97. The summed E-state index contributed by atoms with van der Waals surface area (Å²) in [5.74, 6) is 0.889. The molecule has 0 aliphatic heterocycles. The van der Waals surface area contributed by atoms with Gasteiger partial charge >= 0.3 is 0 Å². The molecule has 0 atom stereocenters. The van der Waals surface area contributed by atoms with Crippen LogP contribution in [-0.4, -0.2) is 15.9 Å². The van der Waals surface area contributed by atoms with E-state index < -0.39 is 0 Å². The zero-order valence-electron chi connectivity index (χ0n) is 7.57. The molecule has 2 heterocycles. The van der Waals surface area contributed by atoms with Crippen LogP contribution in [0, 0.1) is 6.92 Å². The number of H-pyrrole nitrogens is 1. The van der Waals surface area contributed by atoms with E-state index in [4.69, 9.17) is 4.42 Å². The Morgan fingerprint density at radius 1 is 1.64 bits per heavy atom. The van der Waals surface area contributed by atoms with E-state index >= 15 is 0 Å². The molecule has 0 aliphatic rings. The molecule has 0 saturated carbocycles. The van der Waals surface area contributed by atoms with E-state index in [9.17, 15) is 4.79 Å². The van der Waals surface area contributed by atoms with Gasteiger partial charge in [-0.15, -0.1) is 0 Å². The van der Waals surface area contributed by atoms with Crippen molar-refractivity contribution in [2.24, 2.45) is 0 Å². The summed E-state index contributed by atoms with van der Waals surface area (Å²) >= 11 is 0. The first kappa shape index (κ1) is 8.55. The molecule has 0 aliphatic carbocycles. The second-order valence-corrected chi connectivity index (χ2v) is 2.84. The highest BCUT2D eigenvalue weighted by atomic mass is 16.3. The Kier molecular flexibility index (Phi) is 2.06. The number of aryl methyl sites for hydroxylation is 1. The largest absolute Gasteiger partial charge is 0.469 e. The maximum Gasteiger partial charge on any atom is 0.261 e. The van der Waals surface area contributed by atoms with E-state index in [1.807, 2.05) is 0 Å². The standard InChI is InChI=1S/C9H9N3O2/c1-6-4-7(5-14-6)8(13)12-9-10-2-3-11-9/h2-5H,1H3,(H2,10,11,12,13). The number of aromatic amines is 1. The summed E-state index contributed by atoms with van der Waals surface area (Å²) in [6.45, 7) is 1.78. The van der Waals surface area contributed by atoms with Crippen LogP contribution in [0.1, 0.15) is 16.1 Å². The lowest BCUT2D eigenvalue weighted by Crippen LogP contribution is -2.11. The second kappa shape index (κ2) is 3.37. The number of nitrogens with zero attached hydrogens (tertiary/aromatic N) is 1. The van der Waals surface area contributed by atoms with Gasteiger partial charge in [-0.25, -0.2) is 4.98 Å². The van der Waals surface area contributed by atoms with Crippen molar-refractivity contribution in [1.29, 1.82) is 0 Å². The molecule has 0 spiro atoms. The van der Waals surface area contributed by atoms with Crippen molar-refractivity contribution in [2.75, 3.05) is 5.32 Å². The minimum absolute atomic E-state index is 0.239. The monoisotopic (exact) mass is 191 g/mol. The molecular formula is C9H9N3O2. The van der Waals surface area contributed by atoms with E-state index in [0.717, 1.165) is 0 Å². The molecule has 14 heavy (non-hydrogen) atoms. The summed E-state index contributed by atoms with van der Waals surface area (Å²) in [7, 11) is 0. The lowest BCUT2D eigenvalue weighted by Gasteiger charge is -1.96. The number of hydrogen-bond donors (Lipinski definition) is 2. The van der Waals surface area contributed by atoms with Gasteiger partial charge in [0, 0.05) is 12.4 Å². The highest BCUT2D eigenvalue weighted by Gasteiger charge is 2.09. The second-order valence-electron chi connectivity index (χ2n) is 2.84. The number of carbonyl (C=O) groups is 1. The predicted molar refractivity (Wildman–Crippen MR) is 50.0 cm³/mol. The SMILES string of the molecule is Cc1cc(C(=O)Nc2ncc[nH]2)co1. The smallest absolute Gasteiger partial charge is 0.261 e. The minimum atomic E-state index is -0.239. The third kappa shape index (κ3) is 1.66. The molecule has 5 heteroatoms. The first-order valence-corrected chi connectivity index (χ1v) is 4.11. The van der Waals surface area contributed by atoms with Crippen LogP contribution in [0.2, 0.25) is 0 Å². The Morgan fingerprint density at radius 3 is 3.07 bits per heavy atom. The molecule has 0 saturated heterocycles. The highest BCUT2D eigenvalue weighted by molar-refractivity contribution is 6.03. The fourth-order valence-electron chi connectivity index (χ4n) is 1.08. The average molecular weight is 191 g/mol. The van der Waals surface area contributed by atoms with Crippen molar-refractivity contribution in [3.8, 4) is 0 Å². The molecular weight excluding hydrogens is 182 g/mol. The van der Waals surface area contributed by atoms with Gasteiger partial charge in [0.1, 0.15) is 12.0 Å². The van der Waals surface area contributed by atoms with Gasteiger partial charge in [0.05, 0.1) is 5.56 Å². The Bertz CT molecular complexity index is 431. The number of imidazole rings is 1. The number of furan rings is 1. The van der Waals surface area contributed by atoms with Gasteiger partial charge in [-0.3, -0.25) is 10.1 Å². The number of hydrogen-bond acceptors (Lipinski definition) is 3. The van der Waals surface area contributed by atoms with Crippen molar-refractivity contribution in [2.45, 2.75) is 6.92 Å². The molecule has 0 bridgehead atoms. The summed E-state index contributed by atoms with van der Waals surface area (Å²) in [6.07, 6.45) is 4.61. The summed E-state index contributed by atoms with van der Waals surface area (Å²) in [4.78, 5) is 18.1. The quantitative estimate of drug-likeness (QED) is 0.756. The molecule has 2 aromatic rings. The number of carbonyl (C=O) groups excluding carboxylic acids is 1. The lowest BCUT2D eigenvalue weighted by atomic mass is 10.3. The van der Waals surface area contributed by atoms with Gasteiger partial charge in [-0.05, 0) is 13.0 Å². The van der Waals surface area contributed by atoms with Gasteiger partial charge < -0.3 is 9.40 Å². The molecule has 0 unspecified atom stereocenters. The fraction of sp³-hybridized carbons (Fsp3) is 0.111. The third-order valence-corrected chi connectivity index (χ3v) is 1.72. The minimum Gasteiger partial charge on any atom is -0.469 e. The number of nitrogens with one attached hydrogen (secondary N) is 2. The topological polar surface area (TPSA) is 70.9 Å². The molecule has 1 amide bonds. The van der Waals surface area contributed by atoms with Crippen LogP contribution in [-0.2, 0) is 0 Å². The van der Waals surface area contributed by atoms with Crippen molar-refractivity contribution in [3.05, 3.63) is 36.0 Å². The molecule has 2 aromatic heterocycles. The van der Waals surface area contributed by atoms with Crippen molar-refractivity contribution < 1.29 is 9.21 Å². The van der Waals surface area contributed by atoms with Gasteiger partial charge in [-0.1, -0.05) is 0 Å². The first-order valence-electron chi connectivity index (χ1n) is 4.11. The van der Waals surface area contributed by atoms with E-state index in [2.05, 4.69) is 15.3 Å². The van der Waals surface area contributed by atoms with Crippen LogP contribution in [0.5, 0.6) is 0 Å². The van der Waals surface area contributed by atoms with E-state index in [-0.39, 0.29) is 5.91 Å². The molecule has 5 nitrogen and oxygen atoms in total. The molecule has 0 aromatic carbocycles. The summed E-state index contributed by atoms with van der Waals surface area (Å²) in [6, 6.07) is 1.66. The molecule has 0 radical (unpaired) electrons. The summed E-state index contributed by atoms with van der Waals surface area (Å²) in [5, 5.41) is 2.59. The van der Waals surface area contributed by atoms with E-state index in [1.165, 1.54) is 6.26 Å². The van der Waals surface area contributed by atoms with Crippen LogP contribution in [0.4, 0.5) is 5.95 Å². The van der Waals surface area contributed by atoms with Crippen LogP contribution >= 0.6 is 0 Å². The molecule has 2 rings (SSSR count). The lowest BCUT2D eigenvalue weighted by molar-refractivity contribution is 0.102. The number of anilines is 1. The van der Waals surface area contributed by atoms with E-state index in [1.54, 1.807) is 25.4 Å². The predicted octanol–water partition coefficient (Wildman–Crippen LogP) is 1.56. The molecule has 72 valence electrons. The van der Waals surface area contributed by atoms with Crippen molar-refractivity contribution in [3.63, 3.8) is 0 Å². The first-order chi connectivity index (χ1) is 6.75. The van der Waals surface area contributed by atoms with Crippen LogP contribution in [0.3, 0.4) is 0 Å². The van der Waals surface area contributed by atoms with Crippen LogP contribution in [0.15, 0.2) is 29.1 Å². The van der Waals surface area contributed by atoms with Crippen LogP contribution < -0.4 is 5.32 Å². The Labute approximate surface area is 80.2 Å². The Hall–Kier alpha value is -2.04. The van der Waals surface area contributed by atoms with Gasteiger partial charge in [0.2, 0.25) is 5.95 Å². The van der Waals surface area contributed by atoms with Crippen molar-refractivity contribution >= 4 is 11.9 Å². The number of aromatic nitrogens is 2. The van der Waals surface area contributed by atoms with Gasteiger partial charge in [0.15, 0.2) is 0 Å². The number of amides is 1.